The third kappa shape index (κ3) is 3.92. The van der Waals surface area contributed by atoms with E-state index < -0.39 is 5.79 Å². The second-order valence-corrected chi connectivity index (χ2v) is 4.66. The fraction of sp³-hybridized carbons (Fsp3) is 0.917. The SMILES string of the molecule is CCCCC[C@H]1OC(C)(C)OC[C@H]1C=O. The topological polar surface area (TPSA) is 35.5 Å². The summed E-state index contributed by atoms with van der Waals surface area (Å²) in [7, 11) is 0. The molecule has 3 heteroatoms. The maximum Gasteiger partial charge on any atom is 0.163 e. The van der Waals surface area contributed by atoms with Gasteiger partial charge in [0.15, 0.2) is 5.79 Å². The summed E-state index contributed by atoms with van der Waals surface area (Å²) >= 11 is 0. The Morgan fingerprint density at radius 2 is 2.13 bits per heavy atom. The van der Waals surface area contributed by atoms with Crippen molar-refractivity contribution in [2.45, 2.75) is 58.3 Å². The van der Waals surface area contributed by atoms with Crippen molar-refractivity contribution in [1.29, 1.82) is 0 Å². The maximum atomic E-state index is 10.9. The number of rotatable bonds is 5. The van der Waals surface area contributed by atoms with Crippen molar-refractivity contribution in [1.82, 2.24) is 0 Å². The van der Waals surface area contributed by atoms with E-state index in [4.69, 9.17) is 9.47 Å². The molecule has 1 fully saturated rings. The van der Waals surface area contributed by atoms with E-state index in [-0.39, 0.29) is 12.0 Å². The second kappa shape index (κ2) is 5.61. The Morgan fingerprint density at radius 1 is 1.40 bits per heavy atom. The molecule has 0 unspecified atom stereocenters. The minimum absolute atomic E-state index is 0.0396. The van der Waals surface area contributed by atoms with Crippen molar-refractivity contribution in [2.24, 2.45) is 5.92 Å². The summed E-state index contributed by atoms with van der Waals surface area (Å²) in [4.78, 5) is 10.9. The van der Waals surface area contributed by atoms with Crippen LogP contribution in [0.5, 0.6) is 0 Å². The first-order chi connectivity index (χ1) is 7.09. The minimum Gasteiger partial charge on any atom is -0.350 e. The lowest BCUT2D eigenvalue weighted by atomic mass is 9.97. The predicted molar refractivity (Wildman–Crippen MR) is 58.6 cm³/mol. The van der Waals surface area contributed by atoms with Gasteiger partial charge in [-0.2, -0.15) is 0 Å². The lowest BCUT2D eigenvalue weighted by Gasteiger charge is -2.39. The lowest BCUT2D eigenvalue weighted by molar-refractivity contribution is -0.287. The van der Waals surface area contributed by atoms with Crippen LogP contribution in [0.25, 0.3) is 0 Å². The van der Waals surface area contributed by atoms with Gasteiger partial charge in [0.1, 0.15) is 6.29 Å². The summed E-state index contributed by atoms with van der Waals surface area (Å²) in [6, 6.07) is 0. The number of ether oxygens (including phenoxy) is 2. The van der Waals surface area contributed by atoms with E-state index in [1.807, 2.05) is 13.8 Å². The van der Waals surface area contributed by atoms with Gasteiger partial charge < -0.3 is 14.3 Å². The highest BCUT2D eigenvalue weighted by Crippen LogP contribution is 2.28. The van der Waals surface area contributed by atoms with Crippen LogP contribution in [0, 0.1) is 5.92 Å². The molecular formula is C12H22O3. The van der Waals surface area contributed by atoms with Gasteiger partial charge in [-0.05, 0) is 20.3 Å². The molecule has 0 N–H and O–H groups in total. The zero-order valence-electron chi connectivity index (χ0n) is 9.99. The van der Waals surface area contributed by atoms with Gasteiger partial charge in [-0.15, -0.1) is 0 Å². The van der Waals surface area contributed by atoms with Crippen molar-refractivity contribution < 1.29 is 14.3 Å². The Morgan fingerprint density at radius 3 is 2.73 bits per heavy atom. The van der Waals surface area contributed by atoms with Gasteiger partial charge in [0.05, 0.1) is 18.6 Å². The van der Waals surface area contributed by atoms with E-state index in [1.165, 1.54) is 12.8 Å². The van der Waals surface area contributed by atoms with Crippen LogP contribution in [0.3, 0.4) is 0 Å². The fourth-order valence-corrected chi connectivity index (χ4v) is 1.89. The van der Waals surface area contributed by atoms with Crippen molar-refractivity contribution in [3.8, 4) is 0 Å². The Labute approximate surface area is 92.1 Å². The number of carbonyl (C=O) groups is 1. The van der Waals surface area contributed by atoms with Crippen LogP contribution in [-0.2, 0) is 14.3 Å². The first-order valence-corrected chi connectivity index (χ1v) is 5.86. The molecule has 0 aromatic heterocycles. The first-order valence-electron chi connectivity index (χ1n) is 5.86. The van der Waals surface area contributed by atoms with E-state index in [0.29, 0.717) is 6.61 Å². The number of unbranched alkanes of at least 4 members (excludes halogenated alkanes) is 2. The van der Waals surface area contributed by atoms with Gasteiger partial charge in [-0.3, -0.25) is 0 Å². The molecule has 0 spiro atoms. The van der Waals surface area contributed by atoms with Crippen molar-refractivity contribution >= 4 is 6.29 Å². The van der Waals surface area contributed by atoms with Crippen molar-refractivity contribution in [2.75, 3.05) is 6.61 Å². The monoisotopic (exact) mass is 214 g/mol. The molecule has 0 aromatic rings. The van der Waals surface area contributed by atoms with E-state index in [2.05, 4.69) is 6.92 Å². The molecule has 0 saturated carbocycles. The molecule has 1 aliphatic rings. The third-order valence-corrected chi connectivity index (χ3v) is 2.80. The van der Waals surface area contributed by atoms with Gasteiger partial charge in [0.2, 0.25) is 0 Å². The molecular weight excluding hydrogens is 192 g/mol. The second-order valence-electron chi connectivity index (χ2n) is 4.66. The van der Waals surface area contributed by atoms with E-state index in [0.717, 1.165) is 19.1 Å². The average Bonchev–Trinajstić information content (AvgIpc) is 2.17. The molecule has 1 saturated heterocycles. The van der Waals surface area contributed by atoms with Gasteiger partial charge in [0, 0.05) is 0 Å². The van der Waals surface area contributed by atoms with Crippen LogP contribution in [0.1, 0.15) is 46.5 Å². The smallest absolute Gasteiger partial charge is 0.163 e. The maximum absolute atomic E-state index is 10.9. The molecule has 0 aromatic carbocycles. The van der Waals surface area contributed by atoms with Gasteiger partial charge >= 0.3 is 0 Å². The summed E-state index contributed by atoms with van der Waals surface area (Å²) < 4.78 is 11.2. The van der Waals surface area contributed by atoms with Crippen LogP contribution >= 0.6 is 0 Å². The molecule has 1 rings (SSSR count). The predicted octanol–water partition coefficient (Wildman–Crippen LogP) is 2.53. The normalized spacial score (nSPS) is 30.1. The Balaban J connectivity index is 2.44. The average molecular weight is 214 g/mol. The van der Waals surface area contributed by atoms with Crippen molar-refractivity contribution in [3.63, 3.8) is 0 Å². The zero-order valence-corrected chi connectivity index (χ0v) is 9.99. The molecule has 0 aliphatic carbocycles. The number of hydrogen-bond donors (Lipinski definition) is 0. The molecule has 15 heavy (non-hydrogen) atoms. The molecule has 0 radical (unpaired) electrons. The van der Waals surface area contributed by atoms with Gasteiger partial charge in [-0.25, -0.2) is 0 Å². The first kappa shape index (κ1) is 12.7. The molecule has 0 bridgehead atoms. The molecule has 2 atom stereocenters. The summed E-state index contributed by atoms with van der Waals surface area (Å²) in [5.74, 6) is -0.619. The zero-order chi connectivity index (χ0) is 11.3. The molecule has 1 heterocycles. The molecule has 1 aliphatic heterocycles. The molecule has 0 amide bonds. The van der Waals surface area contributed by atoms with Crippen LogP contribution in [0.4, 0.5) is 0 Å². The Kier molecular flexibility index (Phi) is 4.74. The minimum atomic E-state index is -0.531. The summed E-state index contributed by atoms with van der Waals surface area (Å²) in [6.07, 6.45) is 5.49. The highest BCUT2D eigenvalue weighted by Gasteiger charge is 2.35. The summed E-state index contributed by atoms with van der Waals surface area (Å²) in [6.45, 7) is 6.47. The number of carbonyl (C=O) groups excluding carboxylic acids is 1. The van der Waals surface area contributed by atoms with E-state index >= 15 is 0 Å². The number of aldehydes is 1. The van der Waals surface area contributed by atoms with Gasteiger partial charge in [-0.1, -0.05) is 26.2 Å². The standard InChI is InChI=1S/C12H22O3/c1-4-5-6-7-11-10(8-13)9-14-12(2,3)15-11/h8,10-11H,4-7,9H2,1-3H3/t10-,11-/m1/s1. The van der Waals surface area contributed by atoms with Crippen molar-refractivity contribution in [3.05, 3.63) is 0 Å². The van der Waals surface area contributed by atoms with Crippen LogP contribution in [0.2, 0.25) is 0 Å². The molecule has 88 valence electrons. The highest BCUT2D eigenvalue weighted by atomic mass is 16.7. The van der Waals surface area contributed by atoms with Gasteiger partial charge in [0.25, 0.3) is 0 Å². The van der Waals surface area contributed by atoms with Crippen LogP contribution in [-0.4, -0.2) is 24.8 Å². The largest absolute Gasteiger partial charge is 0.350 e. The van der Waals surface area contributed by atoms with Crippen LogP contribution in [0.15, 0.2) is 0 Å². The van der Waals surface area contributed by atoms with Crippen LogP contribution < -0.4 is 0 Å². The fourth-order valence-electron chi connectivity index (χ4n) is 1.89. The summed E-state index contributed by atoms with van der Waals surface area (Å²) in [5, 5.41) is 0. The van der Waals surface area contributed by atoms with E-state index in [1.54, 1.807) is 0 Å². The lowest BCUT2D eigenvalue weighted by Crippen LogP contribution is -2.46. The Bertz CT molecular complexity index is 201. The Hall–Kier alpha value is -0.410. The third-order valence-electron chi connectivity index (χ3n) is 2.80. The number of hydrogen-bond acceptors (Lipinski definition) is 3. The van der Waals surface area contributed by atoms with E-state index in [9.17, 15) is 4.79 Å². The summed E-state index contributed by atoms with van der Waals surface area (Å²) in [5.41, 5.74) is 0. The highest BCUT2D eigenvalue weighted by molar-refractivity contribution is 5.54. The quantitative estimate of drug-likeness (QED) is 0.521. The molecule has 3 nitrogen and oxygen atoms in total.